The molecule has 1 nitrogen and oxygen atoms in total. The third-order valence-electron chi connectivity index (χ3n) is 2.36. The van der Waals surface area contributed by atoms with Gasteiger partial charge in [-0.25, -0.2) is 0 Å². The summed E-state index contributed by atoms with van der Waals surface area (Å²) in [7, 11) is 0. The van der Waals surface area contributed by atoms with E-state index in [2.05, 4.69) is 28.8 Å². The zero-order chi connectivity index (χ0) is 7.52. The average Bonchev–Trinajstić information content (AvgIpc) is 2.58. The molecule has 2 saturated heterocycles. The van der Waals surface area contributed by atoms with Gasteiger partial charge in [-0.2, -0.15) is 23.5 Å². The van der Waals surface area contributed by atoms with Crippen molar-refractivity contribution >= 4 is 23.5 Å². The van der Waals surface area contributed by atoms with E-state index in [1.54, 1.807) is 0 Å². The van der Waals surface area contributed by atoms with Gasteiger partial charge in [0.05, 0.1) is 0 Å². The molecule has 0 aromatic carbocycles. The fraction of sp³-hybridized carbons (Fsp3) is 1.00. The Labute approximate surface area is 77.1 Å². The van der Waals surface area contributed by atoms with Gasteiger partial charge in [-0.3, -0.25) is 0 Å². The molecule has 2 atom stereocenters. The standard InChI is InChI=1S/C8H15NS2/c1-2-8(11-4-1)7-6-10-5-3-9-7/h7-9H,1-6H2. The molecule has 11 heavy (non-hydrogen) atoms. The van der Waals surface area contributed by atoms with Crippen LogP contribution in [0.3, 0.4) is 0 Å². The summed E-state index contributed by atoms with van der Waals surface area (Å²) in [6.07, 6.45) is 2.89. The number of hydrogen-bond acceptors (Lipinski definition) is 3. The van der Waals surface area contributed by atoms with Crippen molar-refractivity contribution in [3.63, 3.8) is 0 Å². The second-order valence-electron chi connectivity index (χ2n) is 3.19. The van der Waals surface area contributed by atoms with E-state index in [9.17, 15) is 0 Å². The molecule has 0 aromatic heterocycles. The fourth-order valence-electron chi connectivity index (χ4n) is 1.74. The van der Waals surface area contributed by atoms with E-state index in [1.165, 1.54) is 36.6 Å². The second kappa shape index (κ2) is 4.06. The molecule has 2 rings (SSSR count). The zero-order valence-corrected chi connectivity index (χ0v) is 8.35. The Morgan fingerprint density at radius 3 is 2.91 bits per heavy atom. The molecule has 3 heteroatoms. The summed E-state index contributed by atoms with van der Waals surface area (Å²) in [4.78, 5) is 0. The smallest absolute Gasteiger partial charge is 0.0277 e. The van der Waals surface area contributed by atoms with Crippen LogP contribution in [0.15, 0.2) is 0 Å². The van der Waals surface area contributed by atoms with Crippen LogP contribution in [0, 0.1) is 0 Å². The lowest BCUT2D eigenvalue weighted by Crippen LogP contribution is -2.43. The summed E-state index contributed by atoms with van der Waals surface area (Å²) >= 11 is 4.29. The number of nitrogens with one attached hydrogen (secondary N) is 1. The van der Waals surface area contributed by atoms with Crippen molar-refractivity contribution in [2.24, 2.45) is 0 Å². The average molecular weight is 189 g/mol. The molecule has 0 bridgehead atoms. The van der Waals surface area contributed by atoms with Crippen LogP contribution in [-0.4, -0.2) is 35.1 Å². The molecule has 2 unspecified atom stereocenters. The largest absolute Gasteiger partial charge is 0.311 e. The van der Waals surface area contributed by atoms with Gasteiger partial charge in [0.1, 0.15) is 0 Å². The number of rotatable bonds is 1. The van der Waals surface area contributed by atoms with Gasteiger partial charge in [-0.1, -0.05) is 0 Å². The van der Waals surface area contributed by atoms with Crippen LogP contribution in [-0.2, 0) is 0 Å². The van der Waals surface area contributed by atoms with Crippen molar-refractivity contribution in [1.29, 1.82) is 0 Å². The Kier molecular flexibility index (Phi) is 3.05. The Morgan fingerprint density at radius 2 is 2.27 bits per heavy atom. The molecule has 0 saturated carbocycles. The fourth-order valence-corrected chi connectivity index (χ4v) is 4.29. The summed E-state index contributed by atoms with van der Waals surface area (Å²) in [5.74, 6) is 4.05. The van der Waals surface area contributed by atoms with E-state index in [-0.39, 0.29) is 0 Å². The molecule has 1 N–H and O–H groups in total. The van der Waals surface area contributed by atoms with Gasteiger partial charge in [0.15, 0.2) is 0 Å². The van der Waals surface area contributed by atoms with Crippen LogP contribution in [0.5, 0.6) is 0 Å². The highest BCUT2D eigenvalue weighted by molar-refractivity contribution is 8.00. The first-order chi connectivity index (χ1) is 5.47. The van der Waals surface area contributed by atoms with Crippen LogP contribution in [0.4, 0.5) is 0 Å². The highest BCUT2D eigenvalue weighted by atomic mass is 32.2. The van der Waals surface area contributed by atoms with Crippen LogP contribution < -0.4 is 5.32 Å². The minimum absolute atomic E-state index is 0.821. The molecule has 0 aliphatic carbocycles. The molecule has 0 amide bonds. The molecule has 2 heterocycles. The van der Waals surface area contributed by atoms with E-state index in [1.807, 2.05) is 0 Å². The summed E-state index contributed by atoms with van der Waals surface area (Å²) in [6, 6.07) is 0.821. The van der Waals surface area contributed by atoms with Crippen LogP contribution >= 0.6 is 23.5 Å². The Morgan fingerprint density at radius 1 is 1.27 bits per heavy atom. The van der Waals surface area contributed by atoms with Gasteiger partial charge >= 0.3 is 0 Å². The molecule has 0 radical (unpaired) electrons. The van der Waals surface area contributed by atoms with Crippen molar-refractivity contribution in [2.75, 3.05) is 23.8 Å². The van der Waals surface area contributed by atoms with Gasteiger partial charge in [0.2, 0.25) is 0 Å². The third-order valence-corrected chi connectivity index (χ3v) is 4.97. The van der Waals surface area contributed by atoms with Crippen LogP contribution in [0.25, 0.3) is 0 Å². The minimum atomic E-state index is 0.821. The summed E-state index contributed by atoms with van der Waals surface area (Å²) < 4.78 is 0. The van der Waals surface area contributed by atoms with Gasteiger partial charge in [-0.05, 0) is 18.6 Å². The molecular weight excluding hydrogens is 174 g/mol. The van der Waals surface area contributed by atoms with Crippen LogP contribution in [0.1, 0.15) is 12.8 Å². The van der Waals surface area contributed by atoms with Crippen molar-refractivity contribution in [2.45, 2.75) is 24.1 Å². The van der Waals surface area contributed by atoms with E-state index in [0.29, 0.717) is 0 Å². The highest BCUT2D eigenvalue weighted by Gasteiger charge is 2.26. The maximum absolute atomic E-state index is 3.62. The monoisotopic (exact) mass is 189 g/mol. The number of thioether (sulfide) groups is 2. The van der Waals surface area contributed by atoms with E-state index >= 15 is 0 Å². The summed E-state index contributed by atoms with van der Waals surface area (Å²) in [5, 5.41) is 4.55. The van der Waals surface area contributed by atoms with Gasteiger partial charge < -0.3 is 5.32 Å². The predicted molar refractivity (Wildman–Crippen MR) is 54.6 cm³/mol. The van der Waals surface area contributed by atoms with Crippen molar-refractivity contribution in [1.82, 2.24) is 5.32 Å². The Bertz CT molecular complexity index is 117. The predicted octanol–water partition coefficient (Wildman–Crippen LogP) is 1.59. The van der Waals surface area contributed by atoms with Gasteiger partial charge in [-0.15, -0.1) is 0 Å². The highest BCUT2D eigenvalue weighted by Crippen LogP contribution is 2.30. The van der Waals surface area contributed by atoms with E-state index in [4.69, 9.17) is 0 Å². The Hall–Kier alpha value is 0.660. The second-order valence-corrected chi connectivity index (χ2v) is 5.68. The lowest BCUT2D eigenvalue weighted by Gasteiger charge is -2.27. The first-order valence-corrected chi connectivity index (χ1v) is 6.60. The molecular formula is C8H15NS2. The third kappa shape index (κ3) is 2.07. The summed E-state index contributed by atoms with van der Waals surface area (Å²) in [6.45, 7) is 1.23. The van der Waals surface area contributed by atoms with Gasteiger partial charge in [0, 0.05) is 29.3 Å². The molecule has 2 aliphatic rings. The lowest BCUT2D eigenvalue weighted by molar-refractivity contribution is 0.532. The van der Waals surface area contributed by atoms with Crippen molar-refractivity contribution < 1.29 is 0 Å². The molecule has 0 spiro atoms. The molecule has 2 fully saturated rings. The van der Waals surface area contributed by atoms with E-state index < -0.39 is 0 Å². The maximum Gasteiger partial charge on any atom is 0.0277 e. The maximum atomic E-state index is 3.62. The lowest BCUT2D eigenvalue weighted by atomic mass is 10.1. The topological polar surface area (TPSA) is 12.0 Å². The number of hydrogen-bond donors (Lipinski definition) is 1. The Balaban J connectivity index is 1.82. The van der Waals surface area contributed by atoms with Crippen molar-refractivity contribution in [3.8, 4) is 0 Å². The normalized spacial score (nSPS) is 39.3. The SMILES string of the molecule is C1CSC(C2CSCCN2)C1. The quantitative estimate of drug-likeness (QED) is 0.673. The molecule has 2 aliphatic heterocycles. The van der Waals surface area contributed by atoms with E-state index in [0.717, 1.165) is 11.3 Å². The minimum Gasteiger partial charge on any atom is -0.311 e. The molecule has 0 aromatic rings. The zero-order valence-electron chi connectivity index (χ0n) is 6.71. The molecule has 64 valence electrons. The van der Waals surface area contributed by atoms with Crippen LogP contribution in [0.2, 0.25) is 0 Å². The van der Waals surface area contributed by atoms with Gasteiger partial charge in [0.25, 0.3) is 0 Å². The first-order valence-electron chi connectivity index (χ1n) is 4.39. The summed E-state index contributed by atoms with van der Waals surface area (Å²) in [5.41, 5.74) is 0. The first kappa shape index (κ1) is 8.27. The van der Waals surface area contributed by atoms with Crippen molar-refractivity contribution in [3.05, 3.63) is 0 Å².